The summed E-state index contributed by atoms with van der Waals surface area (Å²) >= 11 is 0. The van der Waals surface area contributed by atoms with E-state index in [1.54, 1.807) is 0 Å². The number of phenolic OH excluding ortho intramolecular Hbond substituents is 5. The minimum atomic E-state index is -1.88. The average Bonchev–Trinajstić information content (AvgIpc) is 2.98. The molecule has 0 amide bonds. The third-order valence-electron chi connectivity index (χ3n) is 7.35. The van der Waals surface area contributed by atoms with Crippen molar-refractivity contribution < 1.29 is 79.5 Å². The molecule has 1 aromatic heterocycles. The van der Waals surface area contributed by atoms with Crippen LogP contribution in [0.1, 0.15) is 6.92 Å². The summed E-state index contributed by atoms with van der Waals surface area (Å²) in [4.78, 5) is 0. The minimum absolute atomic E-state index is 0.100. The number of aromatic hydroxyl groups is 5. The lowest BCUT2D eigenvalue weighted by atomic mass is 9.98. The number of hydrogen-bond donors (Lipinski definition) is 11. The van der Waals surface area contributed by atoms with Crippen molar-refractivity contribution in [3.05, 3.63) is 30.3 Å². The highest BCUT2D eigenvalue weighted by molar-refractivity contribution is 5.91. The molecule has 0 spiro atoms. The number of hydrogen-bond acceptors (Lipinski definition) is 15. The van der Waals surface area contributed by atoms with Crippen molar-refractivity contribution in [1.29, 1.82) is 0 Å². The van der Waals surface area contributed by atoms with Crippen LogP contribution in [0, 0.1) is 0 Å². The van der Waals surface area contributed by atoms with E-state index in [-0.39, 0.29) is 28.0 Å². The maximum absolute atomic E-state index is 10.7. The summed E-state index contributed by atoms with van der Waals surface area (Å²) in [6.45, 7) is 0.877. The predicted molar refractivity (Wildman–Crippen MR) is 140 cm³/mol. The first-order chi connectivity index (χ1) is 20.3. The molecule has 0 saturated carbocycles. The van der Waals surface area contributed by atoms with Gasteiger partial charge in [-0.1, -0.05) is 0 Å². The van der Waals surface area contributed by atoms with E-state index in [1.165, 1.54) is 13.0 Å². The molecule has 3 heterocycles. The van der Waals surface area contributed by atoms with Crippen molar-refractivity contribution in [2.45, 2.75) is 68.3 Å². The number of benzene rings is 2. The molecular formula is C27H31O16+. The first kappa shape index (κ1) is 30.7. The van der Waals surface area contributed by atoms with Crippen LogP contribution in [0.3, 0.4) is 0 Å². The fourth-order valence-electron chi connectivity index (χ4n) is 4.79. The van der Waals surface area contributed by atoms with E-state index in [0.29, 0.717) is 0 Å². The Morgan fingerprint density at radius 2 is 1.37 bits per heavy atom. The molecule has 3 aromatic rings. The molecule has 10 atom stereocenters. The van der Waals surface area contributed by atoms with Gasteiger partial charge in [0.05, 0.1) is 24.3 Å². The highest BCUT2D eigenvalue weighted by Gasteiger charge is 2.48. The van der Waals surface area contributed by atoms with E-state index in [9.17, 15) is 56.2 Å². The lowest BCUT2D eigenvalue weighted by molar-refractivity contribution is -0.318. The smallest absolute Gasteiger partial charge is 0.402 e. The van der Waals surface area contributed by atoms with Crippen LogP contribution in [0.5, 0.6) is 34.5 Å². The van der Waals surface area contributed by atoms with Crippen LogP contribution < -0.4 is 4.74 Å². The predicted octanol–water partition coefficient (Wildman–Crippen LogP) is -1.06. The molecule has 2 aromatic carbocycles. The van der Waals surface area contributed by atoms with Crippen molar-refractivity contribution in [1.82, 2.24) is 0 Å². The quantitative estimate of drug-likeness (QED) is 0.117. The summed E-state index contributed by atoms with van der Waals surface area (Å²) in [6.07, 6.45) is -15.6. The molecule has 0 aliphatic carbocycles. The molecule has 234 valence electrons. The molecule has 0 unspecified atom stereocenters. The van der Waals surface area contributed by atoms with Gasteiger partial charge in [0.1, 0.15) is 48.1 Å². The normalized spacial score (nSPS) is 33.0. The highest BCUT2D eigenvalue weighted by atomic mass is 16.7. The van der Waals surface area contributed by atoms with Crippen LogP contribution in [0.4, 0.5) is 0 Å². The molecule has 16 nitrogen and oxygen atoms in total. The summed E-state index contributed by atoms with van der Waals surface area (Å²) < 4.78 is 28.1. The van der Waals surface area contributed by atoms with E-state index >= 15 is 0 Å². The Kier molecular flexibility index (Phi) is 8.41. The highest BCUT2D eigenvalue weighted by Crippen LogP contribution is 2.46. The number of phenols is 5. The molecule has 2 aliphatic rings. The van der Waals surface area contributed by atoms with E-state index in [1.807, 2.05) is 0 Å². The van der Waals surface area contributed by atoms with Crippen molar-refractivity contribution in [3.8, 4) is 45.8 Å². The Morgan fingerprint density at radius 3 is 2.07 bits per heavy atom. The van der Waals surface area contributed by atoms with Gasteiger partial charge in [-0.05, 0) is 19.1 Å². The zero-order valence-electron chi connectivity index (χ0n) is 22.3. The topological polar surface area (TPSA) is 271 Å². The van der Waals surface area contributed by atoms with Gasteiger partial charge >= 0.3 is 11.3 Å². The number of aliphatic hydroxyl groups is 6. The van der Waals surface area contributed by atoms with E-state index in [2.05, 4.69) is 0 Å². The maximum atomic E-state index is 10.7. The fourth-order valence-corrected chi connectivity index (χ4v) is 4.79. The second-order valence-corrected chi connectivity index (χ2v) is 10.3. The van der Waals surface area contributed by atoms with Gasteiger partial charge in [0.15, 0.2) is 29.3 Å². The van der Waals surface area contributed by atoms with Gasteiger partial charge in [-0.3, -0.25) is 0 Å². The Bertz CT molecular complexity index is 1480. The van der Waals surface area contributed by atoms with Gasteiger partial charge in [-0.25, -0.2) is 4.42 Å². The zero-order valence-corrected chi connectivity index (χ0v) is 22.3. The van der Waals surface area contributed by atoms with Gasteiger partial charge in [-0.15, -0.1) is 0 Å². The molecule has 0 radical (unpaired) electrons. The van der Waals surface area contributed by atoms with E-state index in [0.717, 1.165) is 24.3 Å². The van der Waals surface area contributed by atoms with Crippen molar-refractivity contribution in [2.75, 3.05) is 6.61 Å². The molecule has 2 saturated heterocycles. The largest absolute Gasteiger partial charge is 0.504 e. The summed E-state index contributed by atoms with van der Waals surface area (Å²) in [6, 6.07) is 5.70. The van der Waals surface area contributed by atoms with Crippen molar-refractivity contribution >= 4 is 11.0 Å². The number of fused-ring (bicyclic) bond motifs is 1. The summed E-state index contributed by atoms with van der Waals surface area (Å²) in [5.74, 6) is -3.84. The van der Waals surface area contributed by atoms with Gasteiger partial charge in [-0.2, -0.15) is 0 Å². The lowest BCUT2D eigenvalue weighted by Gasteiger charge is -2.42. The zero-order chi connectivity index (χ0) is 31.3. The SMILES string of the molecule is C[C@@H]1O[C@@H](OC[C@H]2O[C@@H](Oc3cc4c(O)c(O)c(O)cc4[o+]c3-c3ccc(O)c(O)c3)[C@H](O)[C@H](O)[C@@H]2O)[C@H](O)[C@@H](O)[C@H]1O. The molecule has 11 N–H and O–H groups in total. The first-order valence-electron chi connectivity index (χ1n) is 13.0. The molecular weight excluding hydrogens is 580 g/mol. The maximum Gasteiger partial charge on any atom is 0.402 e. The van der Waals surface area contributed by atoms with Crippen molar-refractivity contribution in [2.24, 2.45) is 0 Å². The second kappa shape index (κ2) is 11.8. The van der Waals surface area contributed by atoms with E-state index in [4.69, 9.17) is 23.4 Å². The molecule has 2 aliphatic heterocycles. The Balaban J connectivity index is 1.46. The van der Waals surface area contributed by atoms with Crippen LogP contribution in [0.25, 0.3) is 22.3 Å². The third kappa shape index (κ3) is 5.67. The number of aliphatic hydroxyl groups excluding tert-OH is 6. The minimum Gasteiger partial charge on any atom is -0.504 e. The average molecular weight is 612 g/mol. The van der Waals surface area contributed by atoms with Crippen LogP contribution >= 0.6 is 0 Å². The standard InChI is InChI=1S/C27H30O16/c1-8-17(31)21(35)23(37)26(40-8)39-7-16-20(34)22(36)24(38)27(43-16)42-15-5-10-14(6-13(30)19(33)18(10)32)41-25(15)9-2-3-11(28)12(29)4-9/h2-6,8,16-17,20-24,26-27,31,34-38H,7H2,1H3,(H4-,28,29,30,32,33)/p+1/t8-,16+,17-,20+,21-,22+,23+,24+,26+,27+/m0/s1. The van der Waals surface area contributed by atoms with Gasteiger partial charge in [0.25, 0.3) is 0 Å². The van der Waals surface area contributed by atoms with Crippen LogP contribution in [-0.2, 0) is 14.2 Å². The summed E-state index contributed by atoms with van der Waals surface area (Å²) in [5, 5.41) is 112. The molecule has 2 fully saturated rings. The van der Waals surface area contributed by atoms with E-state index < -0.39 is 96.8 Å². The third-order valence-corrected chi connectivity index (χ3v) is 7.35. The summed E-state index contributed by atoms with van der Waals surface area (Å²) in [7, 11) is 0. The Hall–Kier alpha value is -3.71. The second-order valence-electron chi connectivity index (χ2n) is 10.3. The molecule has 16 heteroatoms. The van der Waals surface area contributed by atoms with Gasteiger partial charge < -0.3 is 75.1 Å². The Labute approximate surface area is 242 Å². The lowest BCUT2D eigenvalue weighted by Crippen LogP contribution is -2.61. The van der Waals surface area contributed by atoms with Crippen molar-refractivity contribution in [3.63, 3.8) is 0 Å². The van der Waals surface area contributed by atoms with Crippen LogP contribution in [0.15, 0.2) is 34.7 Å². The molecule has 5 rings (SSSR count). The fraction of sp³-hybridized carbons (Fsp3) is 0.444. The van der Waals surface area contributed by atoms with Gasteiger partial charge in [0, 0.05) is 12.1 Å². The van der Waals surface area contributed by atoms with Gasteiger partial charge in [0.2, 0.25) is 17.8 Å². The van der Waals surface area contributed by atoms with Crippen LogP contribution in [0.2, 0.25) is 0 Å². The van der Waals surface area contributed by atoms with Crippen LogP contribution in [-0.4, -0.2) is 124 Å². The number of rotatable bonds is 6. The molecule has 0 bridgehead atoms. The summed E-state index contributed by atoms with van der Waals surface area (Å²) in [5.41, 5.74) is -0.0505. The first-order valence-corrected chi connectivity index (χ1v) is 13.0. The Morgan fingerprint density at radius 1 is 0.698 bits per heavy atom. The number of ether oxygens (including phenoxy) is 4. The monoisotopic (exact) mass is 611 g/mol. The molecule has 43 heavy (non-hydrogen) atoms.